The monoisotopic (exact) mass is 1510 g/mol. The van der Waals surface area contributed by atoms with Crippen molar-refractivity contribution in [1.29, 1.82) is 0 Å². The van der Waals surface area contributed by atoms with Gasteiger partial charge in [0.15, 0.2) is 17.2 Å². The summed E-state index contributed by atoms with van der Waals surface area (Å²) in [5, 5.41) is 7.99. The number of nitrogens with one attached hydrogen (secondary N) is 3. The Labute approximate surface area is 608 Å². The van der Waals surface area contributed by atoms with Crippen LogP contribution in [0, 0.1) is 0 Å². The molecule has 6 aromatic rings. The average Bonchev–Trinajstić information content (AvgIpc) is 1.62. The van der Waals surface area contributed by atoms with Crippen molar-refractivity contribution in [2.24, 2.45) is 0 Å². The number of rotatable bonds is 30. The average molecular weight is 1510 g/mol. The van der Waals surface area contributed by atoms with Crippen LogP contribution in [0.5, 0.6) is 34.9 Å². The molecule has 3 atom stereocenters. The zero-order valence-electron chi connectivity index (χ0n) is 60.6. The zero-order valence-corrected chi connectivity index (χ0v) is 63.0. The highest BCUT2D eigenvalue weighted by Gasteiger charge is 2.47. The number of methoxy groups -OCH3 is 3. The van der Waals surface area contributed by atoms with Crippen LogP contribution in [0.1, 0.15) is 118 Å². The van der Waals surface area contributed by atoms with Gasteiger partial charge in [-0.15, -0.1) is 0 Å². The second kappa shape index (κ2) is 34.8. The standard InChI is InChI=1S/3C23H28N4O7S/c3*1-6-34-21-18(33-4)11-10-15(25-21)17(13-35(5,31)32)27-22(29)14-8-7-9-16(20(14)23(27)30)24-19(28)12-26(2)3/h3*7-11,17H,6,12-13H2,1-5H3,(H,24,28)/t2*17-;/m10./s1. The molecule has 0 fully saturated rings. The molecule has 3 aliphatic rings. The molecule has 0 bridgehead atoms. The van der Waals surface area contributed by atoms with E-state index in [0.29, 0.717) is 17.2 Å². The lowest BCUT2D eigenvalue weighted by molar-refractivity contribution is -0.117. The molecule has 564 valence electrons. The third-order valence-electron chi connectivity index (χ3n) is 15.4. The molecule has 1 unspecified atom stereocenters. The van der Waals surface area contributed by atoms with Crippen LogP contribution in [0.2, 0.25) is 0 Å². The number of aromatic nitrogens is 3. The van der Waals surface area contributed by atoms with Crippen LogP contribution in [0.25, 0.3) is 0 Å². The number of benzene rings is 3. The first kappa shape index (κ1) is 81.8. The van der Waals surface area contributed by atoms with Crippen molar-refractivity contribution in [2.45, 2.75) is 38.9 Å². The van der Waals surface area contributed by atoms with E-state index in [2.05, 4.69) is 30.9 Å². The van der Waals surface area contributed by atoms with E-state index in [4.69, 9.17) is 28.4 Å². The summed E-state index contributed by atoms with van der Waals surface area (Å²) in [6.07, 6.45) is 3.04. The number of likely N-dealkylation sites (N-methyl/N-ethyl adjacent to an activating group) is 3. The Bertz CT molecular complexity index is 4250. The summed E-state index contributed by atoms with van der Waals surface area (Å²) < 4.78 is 106. The minimum Gasteiger partial charge on any atom is -0.491 e. The molecule has 0 radical (unpaired) electrons. The van der Waals surface area contributed by atoms with Crippen LogP contribution in [-0.2, 0) is 43.9 Å². The molecule has 0 aliphatic carbocycles. The third-order valence-corrected chi connectivity index (χ3v) is 18.2. The highest BCUT2D eigenvalue weighted by Crippen LogP contribution is 2.41. The van der Waals surface area contributed by atoms with Gasteiger partial charge in [-0.05, 0) is 136 Å². The van der Waals surface area contributed by atoms with Gasteiger partial charge in [0.2, 0.25) is 17.7 Å². The molecular formula is C69H84N12O21S3. The Morgan fingerprint density at radius 2 is 0.629 bits per heavy atom. The number of carbonyl (C=O) groups is 9. The molecular weight excluding hydrogens is 1430 g/mol. The van der Waals surface area contributed by atoms with Crippen LogP contribution in [0.4, 0.5) is 17.1 Å². The number of pyridine rings is 3. The number of fused-ring (bicyclic) bond motifs is 3. The largest absolute Gasteiger partial charge is 0.491 e. The second-order valence-electron chi connectivity index (χ2n) is 24.8. The first-order valence-corrected chi connectivity index (χ1v) is 38.5. The van der Waals surface area contributed by atoms with E-state index in [-0.39, 0.29) is 142 Å². The van der Waals surface area contributed by atoms with Gasteiger partial charge in [0.05, 0.1) is 164 Å². The number of nitrogens with zero attached hydrogens (tertiary/aromatic N) is 9. The topological polar surface area (TPSA) is 406 Å². The van der Waals surface area contributed by atoms with E-state index in [1.165, 1.54) is 94.1 Å². The molecule has 0 saturated carbocycles. The van der Waals surface area contributed by atoms with E-state index in [0.717, 1.165) is 33.5 Å². The predicted molar refractivity (Wildman–Crippen MR) is 386 cm³/mol. The number of anilines is 3. The lowest BCUT2D eigenvalue weighted by Crippen LogP contribution is -2.38. The molecule has 9 rings (SSSR count). The number of hydrogen-bond donors (Lipinski definition) is 3. The predicted octanol–water partition coefficient (Wildman–Crippen LogP) is 4.11. The lowest BCUT2D eigenvalue weighted by atomic mass is 10.1. The fraction of sp³-hybridized carbons (Fsp3) is 0.391. The van der Waals surface area contributed by atoms with Gasteiger partial charge in [-0.25, -0.2) is 40.2 Å². The maximum absolute atomic E-state index is 13.5. The van der Waals surface area contributed by atoms with Crippen molar-refractivity contribution in [3.05, 3.63) is 141 Å². The molecule has 33 nitrogen and oxygen atoms in total. The Kier molecular flexibility index (Phi) is 27.1. The third kappa shape index (κ3) is 20.3. The van der Waals surface area contributed by atoms with Gasteiger partial charge in [0.25, 0.3) is 53.1 Å². The van der Waals surface area contributed by atoms with Gasteiger partial charge in [0, 0.05) is 18.8 Å². The van der Waals surface area contributed by atoms with Crippen molar-refractivity contribution in [3.8, 4) is 34.9 Å². The second-order valence-corrected chi connectivity index (χ2v) is 31.4. The van der Waals surface area contributed by atoms with Gasteiger partial charge in [0.1, 0.15) is 29.5 Å². The van der Waals surface area contributed by atoms with Crippen molar-refractivity contribution in [3.63, 3.8) is 0 Å². The summed E-state index contributed by atoms with van der Waals surface area (Å²) in [6, 6.07) is 19.0. The number of imide groups is 3. The van der Waals surface area contributed by atoms with E-state index in [1.54, 1.807) is 96.0 Å². The Hall–Kier alpha value is -10.5. The first-order valence-electron chi connectivity index (χ1n) is 32.3. The van der Waals surface area contributed by atoms with Crippen LogP contribution in [-0.4, -0.2) is 262 Å². The van der Waals surface area contributed by atoms with Gasteiger partial charge in [-0.1, -0.05) is 18.2 Å². The molecule has 36 heteroatoms. The van der Waals surface area contributed by atoms with Crippen LogP contribution in [0.15, 0.2) is 91.0 Å². The van der Waals surface area contributed by atoms with E-state index in [1.807, 2.05) is 0 Å². The number of sulfone groups is 3. The van der Waals surface area contributed by atoms with E-state index < -0.39 is 100 Å². The molecule has 0 saturated heterocycles. The van der Waals surface area contributed by atoms with Crippen molar-refractivity contribution in [2.75, 3.05) is 155 Å². The number of amides is 9. The summed E-state index contributed by atoms with van der Waals surface area (Å²) in [5.74, 6) is -5.69. The smallest absolute Gasteiger partial charge is 0.264 e. The Balaban J connectivity index is 0.000000220. The molecule has 3 N–H and O–H groups in total. The van der Waals surface area contributed by atoms with Crippen molar-refractivity contribution in [1.82, 2.24) is 44.4 Å². The maximum Gasteiger partial charge on any atom is 0.264 e. The summed E-state index contributed by atoms with van der Waals surface area (Å²) in [5.41, 5.74) is 1.15. The number of hydrogen-bond acceptors (Lipinski definition) is 27. The highest BCUT2D eigenvalue weighted by molar-refractivity contribution is 7.91. The first-order chi connectivity index (χ1) is 49.4. The van der Waals surface area contributed by atoms with Gasteiger partial charge >= 0.3 is 0 Å². The zero-order chi connectivity index (χ0) is 77.7. The molecule has 3 aromatic carbocycles. The van der Waals surface area contributed by atoms with Gasteiger partial charge < -0.3 is 59.1 Å². The maximum atomic E-state index is 13.5. The summed E-state index contributed by atoms with van der Waals surface area (Å²) in [7, 11) is 3.65. The summed E-state index contributed by atoms with van der Waals surface area (Å²) in [6.45, 7) is 6.27. The molecule has 3 aromatic heterocycles. The SMILES string of the molecule is CCOc1nc(C(CS(C)(=O)=O)N2C(=O)c3cccc(NC(=O)CN(C)C)c3C2=O)ccc1OC.CCOc1nc([C@@H](CS(C)(=O)=O)N2C(=O)c3cccc(NC(=O)CN(C)C)c3C2=O)ccc1OC.CCOc1nc([C@H](CS(C)(=O)=O)N2C(=O)c3cccc(NC(=O)CN(C)C)c3C2=O)ccc1OC. The van der Waals surface area contributed by atoms with Crippen LogP contribution < -0.4 is 44.4 Å². The molecule has 6 heterocycles. The Morgan fingerprint density at radius 3 is 0.829 bits per heavy atom. The number of ether oxygens (including phenoxy) is 6. The highest BCUT2D eigenvalue weighted by atomic mass is 32.2. The van der Waals surface area contributed by atoms with Gasteiger partial charge in [-0.3, -0.25) is 57.9 Å². The van der Waals surface area contributed by atoms with Crippen molar-refractivity contribution >= 4 is 99.7 Å². The lowest BCUT2D eigenvalue weighted by Gasteiger charge is -2.26. The Morgan fingerprint density at radius 1 is 0.390 bits per heavy atom. The van der Waals surface area contributed by atoms with E-state index in [9.17, 15) is 68.4 Å². The molecule has 9 amide bonds. The quantitative estimate of drug-likeness (QED) is 0.0534. The van der Waals surface area contributed by atoms with Crippen LogP contribution >= 0.6 is 0 Å². The fourth-order valence-corrected chi connectivity index (χ4v) is 14.0. The normalized spacial score (nSPS) is 14.2. The molecule has 3 aliphatic heterocycles. The molecule has 0 spiro atoms. The minimum absolute atomic E-state index is 0.00153. The van der Waals surface area contributed by atoms with Crippen LogP contribution in [0.3, 0.4) is 0 Å². The van der Waals surface area contributed by atoms with E-state index >= 15 is 0 Å². The minimum atomic E-state index is -3.66. The number of carbonyl (C=O) groups excluding carboxylic acids is 9. The van der Waals surface area contributed by atoms with Gasteiger partial charge in [-0.2, -0.15) is 0 Å². The molecule has 105 heavy (non-hydrogen) atoms. The summed E-state index contributed by atoms with van der Waals surface area (Å²) >= 11 is 0. The van der Waals surface area contributed by atoms with Crippen molar-refractivity contribution < 1.29 is 96.8 Å². The summed E-state index contributed by atoms with van der Waals surface area (Å²) in [4.78, 5) is 138. The fourth-order valence-electron chi connectivity index (χ4n) is 11.3.